The first-order chi connectivity index (χ1) is 20.5. The van der Waals surface area contributed by atoms with Crippen LogP contribution in [0.25, 0.3) is 32.6 Å². The van der Waals surface area contributed by atoms with Crippen molar-refractivity contribution in [2.75, 3.05) is 38.6 Å². The van der Waals surface area contributed by atoms with Gasteiger partial charge in [0.15, 0.2) is 5.69 Å². The number of hydrogen-bond acceptors (Lipinski definition) is 8. The van der Waals surface area contributed by atoms with Crippen LogP contribution in [0.15, 0.2) is 46.8 Å². The predicted molar refractivity (Wildman–Crippen MR) is 157 cm³/mol. The Balaban J connectivity index is 1.69. The molecule has 0 radical (unpaired) electrons. The second-order valence-corrected chi connectivity index (χ2v) is 10.9. The van der Waals surface area contributed by atoms with Crippen molar-refractivity contribution in [3.05, 3.63) is 63.5 Å². The molecule has 4 aromatic rings. The predicted octanol–water partition coefficient (Wildman–Crippen LogP) is 5.40. The maximum Gasteiger partial charge on any atom is 0.434 e. The number of alkyl halides is 3. The zero-order valence-electron chi connectivity index (χ0n) is 23.6. The van der Waals surface area contributed by atoms with E-state index in [1.54, 1.807) is 38.2 Å². The Morgan fingerprint density at radius 2 is 1.98 bits per heavy atom. The maximum atomic E-state index is 13.6. The molecule has 0 unspecified atom stereocenters. The van der Waals surface area contributed by atoms with E-state index in [1.807, 2.05) is 11.6 Å². The summed E-state index contributed by atoms with van der Waals surface area (Å²) in [6, 6.07) is 6.03. The van der Waals surface area contributed by atoms with Gasteiger partial charge in [-0.15, -0.1) is 11.3 Å². The van der Waals surface area contributed by atoms with E-state index >= 15 is 0 Å². The van der Waals surface area contributed by atoms with Gasteiger partial charge < -0.3 is 19.5 Å². The van der Waals surface area contributed by atoms with Gasteiger partial charge >= 0.3 is 18.2 Å². The Hall–Kier alpha value is -4.30. The van der Waals surface area contributed by atoms with Crippen LogP contribution in [-0.2, 0) is 10.9 Å². The molecule has 14 heteroatoms. The van der Waals surface area contributed by atoms with Crippen molar-refractivity contribution in [1.82, 2.24) is 24.8 Å². The van der Waals surface area contributed by atoms with Crippen LogP contribution in [0, 0.1) is 0 Å². The number of halogens is 3. The third-order valence-corrected chi connectivity index (χ3v) is 7.98. The number of hydrogen-bond donors (Lipinski definition) is 2. The minimum Gasteiger partial charge on any atom is -0.462 e. The van der Waals surface area contributed by atoms with E-state index in [9.17, 15) is 27.6 Å². The van der Waals surface area contributed by atoms with E-state index in [0.717, 1.165) is 36.2 Å². The molecule has 2 amide bonds. The van der Waals surface area contributed by atoms with Crippen LogP contribution in [0.1, 0.15) is 42.4 Å². The first-order valence-electron chi connectivity index (χ1n) is 13.6. The van der Waals surface area contributed by atoms with Gasteiger partial charge in [-0.1, -0.05) is 6.07 Å². The lowest BCUT2D eigenvalue weighted by molar-refractivity contribution is -0.140. The lowest BCUT2D eigenvalue weighted by Crippen LogP contribution is -2.28. The molecule has 10 nitrogen and oxygen atoms in total. The normalized spacial score (nSPS) is 15.5. The lowest BCUT2D eigenvalue weighted by atomic mass is 9.99. The molecule has 1 atom stereocenters. The Morgan fingerprint density at radius 3 is 2.63 bits per heavy atom. The second-order valence-electron chi connectivity index (χ2n) is 10.1. The fourth-order valence-electron chi connectivity index (χ4n) is 5.10. The number of urea groups is 1. The number of ether oxygens (including phenoxy) is 1. The molecule has 0 bridgehead atoms. The highest BCUT2D eigenvalue weighted by Crippen LogP contribution is 2.39. The lowest BCUT2D eigenvalue weighted by Gasteiger charge is -2.20. The fraction of sp³-hybridized carbons (Fsp3) is 0.345. The molecule has 1 aliphatic rings. The summed E-state index contributed by atoms with van der Waals surface area (Å²) in [6.07, 6.45) is -0.865. The van der Waals surface area contributed by atoms with E-state index in [2.05, 4.69) is 25.5 Å². The first kappa shape index (κ1) is 30.2. The Kier molecular flexibility index (Phi) is 8.51. The smallest absolute Gasteiger partial charge is 0.434 e. The van der Waals surface area contributed by atoms with Crippen LogP contribution < -0.4 is 16.1 Å². The van der Waals surface area contributed by atoms with Crippen LogP contribution >= 0.6 is 11.3 Å². The summed E-state index contributed by atoms with van der Waals surface area (Å²) in [4.78, 5) is 48.8. The third kappa shape index (κ3) is 6.25. The molecular formula is C29H29F3N6O4S. The highest BCUT2D eigenvalue weighted by molar-refractivity contribution is 7.13. The number of pyridine rings is 2. The largest absolute Gasteiger partial charge is 0.462 e. The molecule has 4 heterocycles. The van der Waals surface area contributed by atoms with Crippen molar-refractivity contribution >= 4 is 40.1 Å². The molecule has 226 valence electrons. The van der Waals surface area contributed by atoms with Crippen LogP contribution in [0.4, 0.5) is 23.8 Å². The van der Waals surface area contributed by atoms with Crippen LogP contribution in [0.3, 0.4) is 0 Å². The van der Waals surface area contributed by atoms with Gasteiger partial charge in [-0.25, -0.2) is 19.6 Å². The number of likely N-dealkylation sites (tertiary alicyclic amines) is 1. The maximum absolute atomic E-state index is 13.6. The van der Waals surface area contributed by atoms with Crippen LogP contribution in [0.5, 0.6) is 0 Å². The van der Waals surface area contributed by atoms with Gasteiger partial charge in [-0.05, 0) is 57.6 Å². The molecule has 5 rings (SSSR count). The number of amides is 2. The zero-order valence-corrected chi connectivity index (χ0v) is 24.4. The van der Waals surface area contributed by atoms with Crippen LogP contribution in [0.2, 0.25) is 0 Å². The summed E-state index contributed by atoms with van der Waals surface area (Å²) in [5.41, 5.74) is 0.0818. The van der Waals surface area contributed by atoms with Crippen LogP contribution in [-0.4, -0.2) is 64.7 Å². The minimum absolute atomic E-state index is 0.0140. The van der Waals surface area contributed by atoms with Crippen molar-refractivity contribution in [2.45, 2.75) is 32.5 Å². The quantitative estimate of drug-likeness (QED) is 0.268. The fourth-order valence-corrected chi connectivity index (χ4v) is 5.95. The van der Waals surface area contributed by atoms with Gasteiger partial charge in [0, 0.05) is 53.4 Å². The van der Waals surface area contributed by atoms with Gasteiger partial charge in [0.25, 0.3) is 0 Å². The molecule has 1 aliphatic heterocycles. The summed E-state index contributed by atoms with van der Waals surface area (Å²) in [6.45, 7) is 5.43. The van der Waals surface area contributed by atoms with Crippen molar-refractivity contribution in [1.29, 1.82) is 0 Å². The van der Waals surface area contributed by atoms with Crippen molar-refractivity contribution in [2.24, 2.45) is 0 Å². The second kappa shape index (κ2) is 12.1. The molecule has 2 N–H and O–H groups in total. The summed E-state index contributed by atoms with van der Waals surface area (Å²) in [5.74, 6) is -0.628. The number of carbonyl (C=O) groups excluding carboxylic acids is 2. The number of thiazole rings is 1. The highest BCUT2D eigenvalue weighted by atomic mass is 32.1. The summed E-state index contributed by atoms with van der Waals surface area (Å²) in [5, 5.41) is 6.36. The molecule has 1 saturated heterocycles. The molecular weight excluding hydrogens is 585 g/mol. The monoisotopic (exact) mass is 614 g/mol. The van der Waals surface area contributed by atoms with Crippen molar-refractivity contribution in [3.63, 3.8) is 0 Å². The number of fused-ring (bicyclic) bond motifs is 1. The Bertz CT molecular complexity index is 1750. The summed E-state index contributed by atoms with van der Waals surface area (Å²) in [7, 11) is 2.00. The van der Waals surface area contributed by atoms with Gasteiger partial charge in [0.1, 0.15) is 16.4 Å². The number of benzene rings is 1. The van der Waals surface area contributed by atoms with Gasteiger partial charge in [0.2, 0.25) is 5.43 Å². The number of aromatic nitrogens is 3. The molecule has 3 aromatic heterocycles. The number of likely N-dealkylation sites (N-methyl/N-ethyl adjacent to an activating group) is 1. The Labute approximate surface area is 248 Å². The molecule has 1 aromatic carbocycles. The number of esters is 1. The van der Waals surface area contributed by atoms with E-state index in [0.29, 0.717) is 23.2 Å². The topological polar surface area (TPSA) is 118 Å². The highest BCUT2D eigenvalue weighted by Gasteiger charge is 2.34. The summed E-state index contributed by atoms with van der Waals surface area (Å²) >= 11 is 0.795. The number of nitrogens with zero attached hydrogens (tertiary/aromatic N) is 4. The number of anilines is 1. The Morgan fingerprint density at radius 1 is 1.19 bits per heavy atom. The van der Waals surface area contributed by atoms with Crippen molar-refractivity contribution in [3.8, 4) is 21.7 Å². The standard InChI is InChI=1S/C29H29F3N6O4S/c1-4-33-28(41)36-24-11-18(26-35-23(15-43-26)29(30,31)32)20(12-34-24)16-6-7-22-19(10-16)25(39)21(27(40)42-5-2)14-38(22)17-8-9-37(3)13-17/h6-7,10-12,14-15,17H,4-5,8-9,13H2,1-3H3,(H2,33,34,36,41)/t17-/m0/s1. The van der Waals surface area contributed by atoms with Gasteiger partial charge in [0.05, 0.1) is 12.1 Å². The molecule has 43 heavy (non-hydrogen) atoms. The zero-order chi connectivity index (χ0) is 30.9. The average Bonchev–Trinajstić information content (AvgIpc) is 3.63. The minimum atomic E-state index is -4.64. The molecule has 0 spiro atoms. The van der Waals surface area contributed by atoms with E-state index in [1.165, 1.54) is 12.3 Å². The van der Waals surface area contributed by atoms with Gasteiger partial charge in [-0.2, -0.15) is 13.2 Å². The molecule has 1 fully saturated rings. The van der Waals surface area contributed by atoms with E-state index < -0.39 is 29.3 Å². The first-order valence-corrected chi connectivity index (χ1v) is 14.5. The summed E-state index contributed by atoms with van der Waals surface area (Å²) < 4.78 is 47.4. The average molecular weight is 615 g/mol. The number of carbonyl (C=O) groups is 2. The number of rotatable bonds is 7. The van der Waals surface area contributed by atoms with E-state index in [4.69, 9.17) is 4.74 Å². The third-order valence-electron chi connectivity index (χ3n) is 7.11. The van der Waals surface area contributed by atoms with Gasteiger partial charge in [-0.3, -0.25) is 10.1 Å². The SMILES string of the molecule is CCNC(=O)Nc1cc(-c2nc(C(F)(F)F)cs2)c(-c2ccc3c(c2)c(=O)c(C(=O)OCC)cn3[C@H]2CCN(C)C2)cn1. The number of nitrogens with one attached hydrogen (secondary N) is 2. The molecule has 0 saturated carbocycles. The van der Waals surface area contributed by atoms with Crippen molar-refractivity contribution < 1.29 is 27.5 Å². The molecule has 0 aliphatic carbocycles. The van der Waals surface area contributed by atoms with E-state index in [-0.39, 0.29) is 40.0 Å².